The molecule has 7 nitrogen and oxygen atoms in total. The highest BCUT2D eigenvalue weighted by molar-refractivity contribution is 7.13. The number of benzene rings is 2. The largest absolute Gasteiger partial charge is 0.397 e. The number of hydrogen-bond acceptors (Lipinski definition) is 5. The number of amides is 3. The van der Waals surface area contributed by atoms with Crippen LogP contribution in [-0.4, -0.2) is 24.3 Å². The summed E-state index contributed by atoms with van der Waals surface area (Å²) < 4.78 is 0. The van der Waals surface area contributed by atoms with Gasteiger partial charge in [0.25, 0.3) is 5.91 Å². The lowest BCUT2D eigenvalue weighted by atomic mass is 10.0. The molecule has 1 aromatic heterocycles. The molecule has 3 rings (SSSR count). The van der Waals surface area contributed by atoms with Crippen LogP contribution < -0.4 is 21.7 Å². The van der Waals surface area contributed by atoms with Crippen LogP contribution in [0.4, 0.5) is 11.4 Å². The van der Waals surface area contributed by atoms with Crippen molar-refractivity contribution in [2.75, 3.05) is 17.6 Å². The van der Waals surface area contributed by atoms with Crippen LogP contribution >= 0.6 is 11.3 Å². The summed E-state index contributed by atoms with van der Waals surface area (Å²) in [7, 11) is 0. The van der Waals surface area contributed by atoms with Crippen LogP contribution in [0.15, 0.2) is 60.0 Å². The normalized spacial score (nSPS) is 11.4. The van der Waals surface area contributed by atoms with Crippen molar-refractivity contribution in [2.45, 2.75) is 19.9 Å². The monoisotopic (exact) mass is 436 g/mol. The molecule has 160 valence electrons. The van der Waals surface area contributed by atoms with E-state index in [2.05, 4.69) is 16.0 Å². The highest BCUT2D eigenvalue weighted by atomic mass is 32.1. The molecular formula is C23H24N4O3S. The molecule has 1 heterocycles. The Morgan fingerprint density at radius 1 is 1.06 bits per heavy atom. The second-order valence-electron chi connectivity index (χ2n) is 6.88. The predicted molar refractivity (Wildman–Crippen MR) is 124 cm³/mol. The van der Waals surface area contributed by atoms with E-state index in [-0.39, 0.29) is 17.7 Å². The zero-order valence-corrected chi connectivity index (χ0v) is 18.1. The smallest absolute Gasteiger partial charge is 0.255 e. The molecule has 0 aliphatic heterocycles. The third kappa shape index (κ3) is 5.49. The lowest BCUT2D eigenvalue weighted by Gasteiger charge is -2.18. The number of hydrogen-bond donors (Lipinski definition) is 4. The van der Waals surface area contributed by atoms with Crippen LogP contribution in [0, 0.1) is 0 Å². The van der Waals surface area contributed by atoms with E-state index in [1.165, 1.54) is 6.92 Å². The van der Waals surface area contributed by atoms with Crippen LogP contribution in [0.1, 0.15) is 35.8 Å². The van der Waals surface area contributed by atoms with Crippen LogP contribution in [-0.2, 0) is 9.59 Å². The fourth-order valence-corrected chi connectivity index (χ4v) is 3.79. The lowest BCUT2D eigenvalue weighted by molar-refractivity contribution is -0.128. The van der Waals surface area contributed by atoms with E-state index in [0.29, 0.717) is 29.0 Å². The van der Waals surface area contributed by atoms with Crippen molar-refractivity contribution in [1.29, 1.82) is 0 Å². The van der Waals surface area contributed by atoms with E-state index in [9.17, 15) is 14.4 Å². The first kappa shape index (κ1) is 22.0. The summed E-state index contributed by atoms with van der Waals surface area (Å²) in [6, 6.07) is 15.2. The summed E-state index contributed by atoms with van der Waals surface area (Å²) in [5, 5.41) is 10.2. The fourth-order valence-electron chi connectivity index (χ4n) is 3.06. The van der Waals surface area contributed by atoms with Gasteiger partial charge in [-0.25, -0.2) is 0 Å². The van der Waals surface area contributed by atoms with Gasteiger partial charge in [-0.2, -0.15) is 0 Å². The maximum Gasteiger partial charge on any atom is 0.255 e. The molecule has 0 spiro atoms. The van der Waals surface area contributed by atoms with E-state index < -0.39 is 6.04 Å². The Balaban J connectivity index is 1.78. The van der Waals surface area contributed by atoms with Crippen LogP contribution in [0.5, 0.6) is 0 Å². The molecule has 0 aliphatic carbocycles. The van der Waals surface area contributed by atoms with Gasteiger partial charge in [-0.1, -0.05) is 24.3 Å². The minimum Gasteiger partial charge on any atom is -0.397 e. The minimum atomic E-state index is -0.826. The van der Waals surface area contributed by atoms with Gasteiger partial charge in [0.15, 0.2) is 0 Å². The van der Waals surface area contributed by atoms with Crippen molar-refractivity contribution in [3.05, 3.63) is 71.1 Å². The van der Waals surface area contributed by atoms with Crippen molar-refractivity contribution in [2.24, 2.45) is 0 Å². The average Bonchev–Trinajstić information content (AvgIpc) is 3.28. The van der Waals surface area contributed by atoms with Crippen LogP contribution in [0.3, 0.4) is 0 Å². The molecule has 0 fully saturated rings. The third-order valence-electron chi connectivity index (χ3n) is 4.57. The second kappa shape index (κ2) is 9.90. The molecule has 5 N–H and O–H groups in total. The molecule has 2 aromatic carbocycles. The van der Waals surface area contributed by atoms with Crippen LogP contribution in [0.2, 0.25) is 0 Å². The summed E-state index contributed by atoms with van der Waals surface area (Å²) >= 11 is 1.60. The first-order valence-corrected chi connectivity index (χ1v) is 10.7. The van der Waals surface area contributed by atoms with Gasteiger partial charge in [0.2, 0.25) is 11.8 Å². The summed E-state index contributed by atoms with van der Waals surface area (Å²) in [6.07, 6.45) is 0. The Kier molecular flexibility index (Phi) is 7.04. The number of nitrogen functional groups attached to an aromatic ring is 1. The van der Waals surface area contributed by atoms with E-state index in [1.807, 2.05) is 29.6 Å². The van der Waals surface area contributed by atoms with Gasteiger partial charge in [0, 0.05) is 23.9 Å². The van der Waals surface area contributed by atoms with Gasteiger partial charge >= 0.3 is 0 Å². The molecule has 8 heteroatoms. The highest BCUT2D eigenvalue weighted by Crippen LogP contribution is 2.30. The summed E-state index contributed by atoms with van der Waals surface area (Å²) in [5.74, 6) is -0.956. The van der Waals surface area contributed by atoms with E-state index in [1.54, 1.807) is 48.6 Å². The average molecular weight is 437 g/mol. The number of nitrogens with one attached hydrogen (secondary N) is 3. The van der Waals surface area contributed by atoms with Gasteiger partial charge in [0.1, 0.15) is 6.04 Å². The summed E-state index contributed by atoms with van der Waals surface area (Å²) in [4.78, 5) is 37.6. The molecule has 0 bridgehead atoms. The molecule has 0 saturated heterocycles. The maximum absolute atomic E-state index is 12.7. The molecule has 0 radical (unpaired) electrons. The van der Waals surface area contributed by atoms with Gasteiger partial charge in [-0.05, 0) is 53.8 Å². The molecule has 1 atom stereocenters. The van der Waals surface area contributed by atoms with E-state index in [4.69, 9.17) is 5.73 Å². The predicted octanol–water partition coefficient (Wildman–Crippen LogP) is 3.56. The topological polar surface area (TPSA) is 113 Å². The maximum atomic E-state index is 12.7. The van der Waals surface area contributed by atoms with E-state index in [0.717, 1.165) is 10.4 Å². The number of carbonyl (C=O) groups is 3. The Bertz CT molecular complexity index is 1080. The first-order valence-electron chi connectivity index (χ1n) is 9.78. The number of thiophene rings is 1. The summed E-state index contributed by atoms with van der Waals surface area (Å²) in [5.41, 5.74) is 8.99. The lowest BCUT2D eigenvalue weighted by Crippen LogP contribution is -2.39. The molecular weight excluding hydrogens is 412 g/mol. The van der Waals surface area contributed by atoms with Crippen molar-refractivity contribution in [3.63, 3.8) is 0 Å². The van der Waals surface area contributed by atoms with E-state index >= 15 is 0 Å². The number of rotatable bonds is 7. The Morgan fingerprint density at radius 3 is 2.42 bits per heavy atom. The van der Waals surface area contributed by atoms with Crippen molar-refractivity contribution in [1.82, 2.24) is 10.6 Å². The Labute approximate surface area is 184 Å². The molecule has 0 unspecified atom stereocenters. The molecule has 3 aromatic rings. The van der Waals surface area contributed by atoms with Crippen molar-refractivity contribution < 1.29 is 14.4 Å². The van der Waals surface area contributed by atoms with Gasteiger partial charge in [-0.3, -0.25) is 14.4 Å². The Morgan fingerprint density at radius 2 is 1.81 bits per heavy atom. The molecule has 3 amide bonds. The Hall–Kier alpha value is -3.65. The second-order valence-corrected chi connectivity index (χ2v) is 7.83. The molecule has 0 saturated carbocycles. The zero-order valence-electron chi connectivity index (χ0n) is 17.3. The highest BCUT2D eigenvalue weighted by Gasteiger charge is 2.21. The SMILES string of the molecule is CCNC(=O)[C@@H](NC(C)=O)c1ccc(C(=O)Nc2cc(-c3cccs3)ccc2N)cc1. The van der Waals surface area contributed by atoms with Gasteiger partial charge < -0.3 is 21.7 Å². The van der Waals surface area contributed by atoms with Crippen molar-refractivity contribution >= 4 is 40.4 Å². The number of anilines is 2. The van der Waals surface area contributed by atoms with Crippen LogP contribution in [0.25, 0.3) is 10.4 Å². The zero-order chi connectivity index (χ0) is 22.4. The third-order valence-corrected chi connectivity index (χ3v) is 5.49. The molecule has 31 heavy (non-hydrogen) atoms. The minimum absolute atomic E-state index is 0.312. The standard InChI is InChI=1S/C23H24N4O3S/c1-3-25-23(30)21(26-14(2)28)15-6-8-16(9-7-15)22(29)27-19-13-17(10-11-18(19)24)20-5-4-12-31-20/h4-13,21H,3,24H2,1-2H3,(H,25,30)(H,26,28)(H,27,29)/t21-/m0/s1. The van der Waals surface area contributed by atoms with Gasteiger partial charge in [-0.15, -0.1) is 11.3 Å². The number of nitrogens with two attached hydrogens (primary N) is 1. The van der Waals surface area contributed by atoms with Crippen molar-refractivity contribution in [3.8, 4) is 10.4 Å². The van der Waals surface area contributed by atoms with Gasteiger partial charge in [0.05, 0.1) is 11.4 Å². The number of likely N-dealkylation sites (N-methyl/N-ethyl adjacent to an activating group) is 1. The quantitative estimate of drug-likeness (QED) is 0.424. The summed E-state index contributed by atoms with van der Waals surface area (Å²) in [6.45, 7) is 3.60. The fraction of sp³-hybridized carbons (Fsp3) is 0.174. The molecule has 0 aliphatic rings. The first-order chi connectivity index (χ1) is 14.9. The number of carbonyl (C=O) groups excluding carboxylic acids is 3.